The molecule has 2 saturated carbocycles. The van der Waals surface area contributed by atoms with E-state index < -0.39 is 5.97 Å². The second kappa shape index (κ2) is 10.8. The van der Waals surface area contributed by atoms with E-state index in [1.54, 1.807) is 36.2 Å². The third kappa shape index (κ3) is 5.86. The molecular weight excluding hydrogens is 392 g/mol. The first-order chi connectivity index (χ1) is 14.9. The molecule has 0 spiro atoms. The minimum atomic E-state index is -0.638. The van der Waals surface area contributed by atoms with E-state index in [9.17, 15) is 14.4 Å². The maximum Gasteiger partial charge on any atom is 0.339 e. The summed E-state index contributed by atoms with van der Waals surface area (Å²) < 4.78 is 5.29. The van der Waals surface area contributed by atoms with E-state index in [1.165, 1.54) is 12.8 Å². The van der Waals surface area contributed by atoms with Crippen LogP contribution < -0.4 is 5.32 Å². The lowest BCUT2D eigenvalue weighted by Gasteiger charge is -2.34. The zero-order valence-corrected chi connectivity index (χ0v) is 19.1. The molecule has 6 heteroatoms. The Morgan fingerprint density at radius 3 is 2.35 bits per heavy atom. The smallest absolute Gasteiger partial charge is 0.339 e. The standard InChI is InChI=1S/C25H36N2O4/c1-17-10-9-15-22(18(17)2)26-23(28)16-31-25(30)21-14-8-7-13-20(21)24(29)27(3)19-11-5-4-6-12-19/h7-8,13-14,17-19,22H,4-6,9-12,15-16H2,1-3H3,(H,26,28)/t17-,18+,22+/m1/s1. The summed E-state index contributed by atoms with van der Waals surface area (Å²) in [5, 5.41) is 3.01. The Labute approximate surface area is 185 Å². The van der Waals surface area contributed by atoms with Crippen LogP contribution in [-0.4, -0.2) is 48.4 Å². The summed E-state index contributed by atoms with van der Waals surface area (Å²) in [6.45, 7) is 4.03. The van der Waals surface area contributed by atoms with Gasteiger partial charge in [0.1, 0.15) is 0 Å². The molecule has 2 aliphatic carbocycles. The van der Waals surface area contributed by atoms with Crippen LogP contribution in [0, 0.1) is 11.8 Å². The Bertz CT molecular complexity index is 787. The number of nitrogens with one attached hydrogen (secondary N) is 1. The third-order valence-corrected chi connectivity index (χ3v) is 7.21. The quantitative estimate of drug-likeness (QED) is 0.690. The molecular formula is C25H36N2O4. The molecule has 0 aliphatic heterocycles. The second-order valence-electron chi connectivity index (χ2n) is 9.27. The molecule has 6 nitrogen and oxygen atoms in total. The maximum absolute atomic E-state index is 13.1. The van der Waals surface area contributed by atoms with Crippen molar-refractivity contribution in [2.24, 2.45) is 11.8 Å². The number of rotatable bonds is 6. The normalized spacial score (nSPS) is 24.3. The van der Waals surface area contributed by atoms with Gasteiger partial charge in [-0.2, -0.15) is 0 Å². The highest BCUT2D eigenvalue weighted by Crippen LogP contribution is 2.29. The molecule has 1 aromatic carbocycles. The number of nitrogens with zero attached hydrogens (tertiary/aromatic N) is 1. The summed E-state index contributed by atoms with van der Waals surface area (Å²) in [5.41, 5.74) is 0.540. The number of hydrogen-bond acceptors (Lipinski definition) is 4. The van der Waals surface area contributed by atoms with Gasteiger partial charge >= 0.3 is 5.97 Å². The number of benzene rings is 1. The molecule has 3 rings (SSSR count). The van der Waals surface area contributed by atoms with Crippen LogP contribution in [0.4, 0.5) is 0 Å². The monoisotopic (exact) mass is 428 g/mol. The van der Waals surface area contributed by atoms with Gasteiger partial charge in [0.25, 0.3) is 11.8 Å². The van der Waals surface area contributed by atoms with Crippen molar-refractivity contribution in [2.45, 2.75) is 77.3 Å². The van der Waals surface area contributed by atoms with Gasteiger partial charge in [0.2, 0.25) is 0 Å². The van der Waals surface area contributed by atoms with Crippen molar-refractivity contribution in [3.05, 3.63) is 35.4 Å². The van der Waals surface area contributed by atoms with Crippen LogP contribution >= 0.6 is 0 Å². The summed E-state index contributed by atoms with van der Waals surface area (Å²) >= 11 is 0. The van der Waals surface area contributed by atoms with Gasteiger partial charge in [-0.3, -0.25) is 9.59 Å². The fourth-order valence-electron chi connectivity index (χ4n) is 4.91. The first-order valence-corrected chi connectivity index (χ1v) is 11.7. The number of amides is 2. The summed E-state index contributed by atoms with van der Waals surface area (Å²) in [6, 6.07) is 7.02. The van der Waals surface area contributed by atoms with Gasteiger partial charge < -0.3 is 15.0 Å². The van der Waals surface area contributed by atoms with Crippen LogP contribution in [-0.2, 0) is 9.53 Å². The van der Waals surface area contributed by atoms with Gasteiger partial charge in [-0.25, -0.2) is 4.79 Å². The molecule has 0 bridgehead atoms. The Balaban J connectivity index is 1.59. The van der Waals surface area contributed by atoms with Crippen LogP contribution in [0.15, 0.2) is 24.3 Å². The van der Waals surface area contributed by atoms with Gasteiger partial charge in [0, 0.05) is 19.1 Å². The summed E-state index contributed by atoms with van der Waals surface area (Å²) in [4.78, 5) is 39.9. The molecule has 1 N–H and O–H groups in total. The van der Waals surface area contributed by atoms with Crippen molar-refractivity contribution in [3.8, 4) is 0 Å². The van der Waals surface area contributed by atoms with E-state index in [0.29, 0.717) is 17.4 Å². The highest BCUT2D eigenvalue weighted by molar-refractivity contribution is 6.05. The Kier molecular flexibility index (Phi) is 8.10. The lowest BCUT2D eigenvalue weighted by atomic mass is 9.78. The van der Waals surface area contributed by atoms with Crippen LogP contribution in [0.25, 0.3) is 0 Å². The molecule has 2 amide bonds. The fourth-order valence-corrected chi connectivity index (χ4v) is 4.91. The van der Waals surface area contributed by atoms with E-state index in [0.717, 1.165) is 38.5 Å². The number of carbonyl (C=O) groups excluding carboxylic acids is 3. The minimum absolute atomic E-state index is 0.118. The number of esters is 1. The highest BCUT2D eigenvalue weighted by atomic mass is 16.5. The van der Waals surface area contributed by atoms with Crippen molar-refractivity contribution in [3.63, 3.8) is 0 Å². The topological polar surface area (TPSA) is 75.7 Å². The molecule has 0 saturated heterocycles. The Hall–Kier alpha value is -2.37. The molecule has 31 heavy (non-hydrogen) atoms. The number of carbonyl (C=O) groups is 3. The lowest BCUT2D eigenvalue weighted by Crippen LogP contribution is -2.45. The SMILES string of the molecule is C[C@H]1[C@H](C)CCC[C@@H]1NC(=O)COC(=O)c1ccccc1C(=O)N(C)C1CCCCC1. The largest absolute Gasteiger partial charge is 0.452 e. The van der Waals surface area contributed by atoms with Crippen molar-refractivity contribution in [2.75, 3.05) is 13.7 Å². The maximum atomic E-state index is 13.1. The van der Waals surface area contributed by atoms with Gasteiger partial charge in [-0.1, -0.05) is 58.1 Å². The third-order valence-electron chi connectivity index (χ3n) is 7.21. The predicted octanol–water partition coefficient (Wildman–Crippen LogP) is 4.19. The number of ether oxygens (including phenoxy) is 1. The molecule has 2 aliphatic rings. The fraction of sp³-hybridized carbons (Fsp3) is 0.640. The van der Waals surface area contributed by atoms with E-state index in [2.05, 4.69) is 19.2 Å². The van der Waals surface area contributed by atoms with E-state index in [1.807, 2.05) is 0 Å². The van der Waals surface area contributed by atoms with Crippen LogP contribution in [0.5, 0.6) is 0 Å². The van der Waals surface area contributed by atoms with Crippen molar-refractivity contribution in [1.29, 1.82) is 0 Å². The molecule has 0 radical (unpaired) electrons. The minimum Gasteiger partial charge on any atom is -0.452 e. The van der Waals surface area contributed by atoms with Gasteiger partial charge in [0.15, 0.2) is 6.61 Å². The second-order valence-corrected chi connectivity index (χ2v) is 9.27. The zero-order valence-electron chi connectivity index (χ0n) is 19.1. The van der Waals surface area contributed by atoms with Gasteiger partial charge in [-0.15, -0.1) is 0 Å². The Morgan fingerprint density at radius 2 is 1.65 bits per heavy atom. The summed E-state index contributed by atoms with van der Waals surface area (Å²) in [7, 11) is 1.81. The molecule has 0 unspecified atom stereocenters. The first kappa shape index (κ1) is 23.3. The average molecular weight is 429 g/mol. The van der Waals surface area contributed by atoms with Crippen molar-refractivity contribution >= 4 is 17.8 Å². The van der Waals surface area contributed by atoms with Crippen molar-refractivity contribution in [1.82, 2.24) is 10.2 Å². The molecule has 0 heterocycles. The average Bonchev–Trinajstić information content (AvgIpc) is 2.80. The van der Waals surface area contributed by atoms with Crippen LogP contribution in [0.3, 0.4) is 0 Å². The van der Waals surface area contributed by atoms with E-state index >= 15 is 0 Å². The van der Waals surface area contributed by atoms with Crippen LogP contribution in [0.1, 0.15) is 85.9 Å². The van der Waals surface area contributed by atoms with E-state index in [4.69, 9.17) is 4.74 Å². The predicted molar refractivity (Wildman–Crippen MR) is 120 cm³/mol. The zero-order chi connectivity index (χ0) is 22.4. The summed E-state index contributed by atoms with van der Waals surface area (Å²) in [5.74, 6) is -0.125. The van der Waals surface area contributed by atoms with Gasteiger partial charge in [-0.05, 0) is 43.2 Å². The van der Waals surface area contributed by atoms with Crippen LogP contribution in [0.2, 0.25) is 0 Å². The molecule has 170 valence electrons. The molecule has 0 aromatic heterocycles. The Morgan fingerprint density at radius 1 is 0.968 bits per heavy atom. The highest BCUT2D eigenvalue weighted by Gasteiger charge is 2.29. The van der Waals surface area contributed by atoms with E-state index in [-0.39, 0.29) is 36.1 Å². The molecule has 1 aromatic rings. The first-order valence-electron chi connectivity index (χ1n) is 11.7. The molecule has 3 atom stereocenters. The number of hydrogen-bond donors (Lipinski definition) is 1. The molecule has 2 fully saturated rings. The summed E-state index contributed by atoms with van der Waals surface area (Å²) in [6.07, 6.45) is 8.68. The van der Waals surface area contributed by atoms with Gasteiger partial charge in [0.05, 0.1) is 11.1 Å². The van der Waals surface area contributed by atoms with Crippen molar-refractivity contribution < 1.29 is 19.1 Å². The lowest BCUT2D eigenvalue weighted by molar-refractivity contribution is -0.125.